The summed E-state index contributed by atoms with van der Waals surface area (Å²) in [6.45, 7) is 11.1. The van der Waals surface area contributed by atoms with Gasteiger partial charge in [-0.15, -0.1) is 0 Å². The largest absolute Gasteiger partial charge is 0.506 e. The van der Waals surface area contributed by atoms with Crippen molar-refractivity contribution in [1.82, 2.24) is 5.32 Å². The summed E-state index contributed by atoms with van der Waals surface area (Å²) in [5, 5.41) is 37.8. The Morgan fingerprint density at radius 3 is 2.40 bits per heavy atom. The van der Waals surface area contributed by atoms with E-state index in [0.717, 1.165) is 16.5 Å². The highest BCUT2D eigenvalue weighted by molar-refractivity contribution is 6.26. The molecule has 1 aliphatic heterocycles. The number of aliphatic imine (C=N–C) groups is 1. The maximum atomic E-state index is 14.3. The number of carbonyl (C=O) groups excluding carboxylic acids is 3. The van der Waals surface area contributed by atoms with Crippen LogP contribution in [-0.4, -0.2) is 85.1 Å². The van der Waals surface area contributed by atoms with E-state index in [0.29, 0.717) is 12.1 Å². The van der Waals surface area contributed by atoms with Crippen LogP contribution < -0.4 is 16.0 Å². The molecular weight excluding hydrogens is 680 g/mol. The van der Waals surface area contributed by atoms with Crippen molar-refractivity contribution in [2.45, 2.75) is 71.5 Å². The van der Waals surface area contributed by atoms with Crippen molar-refractivity contribution in [2.75, 3.05) is 26.2 Å². The van der Waals surface area contributed by atoms with E-state index in [1.807, 2.05) is 6.92 Å². The molecule has 0 saturated heterocycles. The van der Waals surface area contributed by atoms with Crippen LogP contribution in [0, 0.1) is 11.8 Å². The third kappa shape index (κ3) is 10.7. The van der Waals surface area contributed by atoms with Gasteiger partial charge in [-0.25, -0.2) is 9.69 Å². The molecule has 0 aliphatic carbocycles. The Balaban J connectivity index is 2.35. The Hall–Kier alpha value is -5.08. The number of nitrogens with one attached hydrogen (secondary N) is 1. The van der Waals surface area contributed by atoms with Gasteiger partial charge in [0.2, 0.25) is 0 Å². The van der Waals surface area contributed by atoms with Gasteiger partial charge in [-0.05, 0) is 62.9 Å². The first-order chi connectivity index (χ1) is 25.2. The quantitative estimate of drug-likeness (QED) is 0.102. The van der Waals surface area contributed by atoms with Gasteiger partial charge in [-0.1, -0.05) is 62.9 Å². The first-order valence-electron chi connectivity index (χ1n) is 17.3. The van der Waals surface area contributed by atoms with Crippen molar-refractivity contribution in [3.8, 4) is 11.5 Å². The number of rotatable bonds is 8. The third-order valence-electron chi connectivity index (χ3n) is 9.05. The summed E-state index contributed by atoms with van der Waals surface area (Å²) in [6, 6.07) is 7.77. The van der Waals surface area contributed by atoms with Crippen molar-refractivity contribution >= 4 is 35.5 Å². The molecule has 0 spiro atoms. The van der Waals surface area contributed by atoms with Gasteiger partial charge in [0.15, 0.2) is 6.10 Å². The number of allylic oxidation sites excluding steroid dienone is 3. The number of methoxy groups -OCH3 is 2. The molecule has 13 heteroatoms. The molecule has 0 aromatic heterocycles. The minimum absolute atomic E-state index is 0.0305. The van der Waals surface area contributed by atoms with Gasteiger partial charge in [-0.2, -0.15) is 0 Å². The summed E-state index contributed by atoms with van der Waals surface area (Å²) in [4.78, 5) is 45.7. The van der Waals surface area contributed by atoms with Crippen LogP contribution in [0.25, 0.3) is 0 Å². The summed E-state index contributed by atoms with van der Waals surface area (Å²) < 4.78 is 16.8. The second kappa shape index (κ2) is 19.7. The monoisotopic (exact) mass is 732 g/mol. The summed E-state index contributed by atoms with van der Waals surface area (Å²) in [7, 11) is 4.68. The number of anilines is 1. The molecule has 286 valence electrons. The Morgan fingerprint density at radius 2 is 1.81 bits per heavy atom. The van der Waals surface area contributed by atoms with Crippen LogP contribution in [0.15, 0.2) is 83.4 Å². The van der Waals surface area contributed by atoms with E-state index in [9.17, 15) is 29.7 Å². The highest BCUT2D eigenvalue weighted by atomic mass is 16.6. The molecule has 0 radical (unpaired) electrons. The maximum Gasteiger partial charge on any atom is 0.405 e. The molecule has 1 heterocycles. The molecule has 0 saturated carbocycles. The number of nitrogens with two attached hydrogens (primary N) is 1. The number of fused-ring (bicyclic) bond motifs is 2. The van der Waals surface area contributed by atoms with Gasteiger partial charge >= 0.3 is 6.09 Å². The summed E-state index contributed by atoms with van der Waals surface area (Å²) in [6.07, 6.45) is 4.78. The fourth-order valence-corrected chi connectivity index (χ4v) is 6.29. The zero-order valence-corrected chi connectivity index (χ0v) is 31.4. The van der Waals surface area contributed by atoms with Crippen LogP contribution in [0.2, 0.25) is 0 Å². The molecule has 0 unspecified atom stereocenters. The van der Waals surface area contributed by atoms with E-state index in [4.69, 9.17) is 19.9 Å². The number of aromatic hydroxyl groups is 2. The molecule has 2 bridgehead atoms. The molecule has 2 aromatic rings. The number of primary amides is 1. The minimum Gasteiger partial charge on any atom is -0.506 e. The number of benzene rings is 2. The average molecular weight is 733 g/mol. The minimum atomic E-state index is -1.04. The third-order valence-corrected chi connectivity index (χ3v) is 9.05. The molecule has 53 heavy (non-hydrogen) atoms. The van der Waals surface area contributed by atoms with Crippen LogP contribution in [0.1, 0.15) is 55.6 Å². The van der Waals surface area contributed by atoms with Crippen molar-refractivity contribution in [1.29, 1.82) is 0 Å². The molecule has 1 aliphatic rings. The van der Waals surface area contributed by atoms with Crippen molar-refractivity contribution < 1.29 is 43.9 Å². The number of hydrogen-bond acceptors (Lipinski definition) is 11. The number of imide groups is 1. The van der Waals surface area contributed by atoms with E-state index < -0.39 is 54.0 Å². The average Bonchev–Trinajstić information content (AvgIpc) is 3.12. The molecule has 2 aromatic carbocycles. The van der Waals surface area contributed by atoms with E-state index in [1.54, 1.807) is 57.3 Å². The molecule has 0 fully saturated rings. The van der Waals surface area contributed by atoms with Gasteiger partial charge in [0.05, 0.1) is 17.9 Å². The SMILES string of the molecule is C=CC=Nc1c(O)cc2c(O)c1C[C@@H](C)C[C@H](OC)[C@H](O)[C@@H](C)C=C(C)[C@H](OC(N)=O)[C@@H](OC)C=CC=C(C)C(=O)N2C(=O)c1ccc(CNC)cc1. The Bertz CT molecular complexity index is 1750. The topological polar surface area (TPSA) is 193 Å². The zero-order valence-electron chi connectivity index (χ0n) is 31.4. The van der Waals surface area contributed by atoms with Gasteiger partial charge in [0.25, 0.3) is 11.8 Å². The number of phenolic OH excluding ortho intramolecular Hbond substituents is 2. The van der Waals surface area contributed by atoms with Crippen molar-refractivity contribution in [3.63, 3.8) is 0 Å². The first kappa shape index (κ1) is 42.3. The highest BCUT2D eigenvalue weighted by Gasteiger charge is 2.33. The van der Waals surface area contributed by atoms with Crippen molar-refractivity contribution in [2.24, 2.45) is 22.6 Å². The first-order valence-corrected chi connectivity index (χ1v) is 17.3. The molecule has 13 nitrogen and oxygen atoms in total. The Labute approximate surface area is 311 Å². The predicted molar refractivity (Wildman–Crippen MR) is 205 cm³/mol. The summed E-state index contributed by atoms with van der Waals surface area (Å²) in [5.74, 6) is -3.17. The molecule has 3 amide bonds. The van der Waals surface area contributed by atoms with E-state index >= 15 is 0 Å². The standard InChI is InChI=1S/C40H52N4O9/c1-9-17-43-34-29-18-23(2)19-33(52-8)35(46)25(4)20-26(5)37(53-40(41)50)32(51-7)12-10-11-24(3)38(48)44(30(36(29)47)21-31(34)45)39(49)28-15-13-27(14-16-28)22-42-6/h9-17,20-21,23,25,32-33,35,37,42,45-47H,1,18-19,22H2,2-8H3,(H2,41,50)/t23-,25+,32+,33+,35-,37+/m1/s1. The molecule has 6 N–H and O–H groups in total. The number of aliphatic hydroxyl groups excluding tert-OH is 1. The number of carbonyl (C=O) groups is 3. The van der Waals surface area contributed by atoms with Crippen LogP contribution in [-0.2, 0) is 32.0 Å². The predicted octanol–water partition coefficient (Wildman–Crippen LogP) is 5.40. The van der Waals surface area contributed by atoms with Crippen LogP contribution in [0.4, 0.5) is 16.2 Å². The van der Waals surface area contributed by atoms with E-state index in [1.165, 1.54) is 45.6 Å². The van der Waals surface area contributed by atoms with Crippen LogP contribution >= 0.6 is 0 Å². The van der Waals surface area contributed by atoms with Gasteiger partial charge in [0.1, 0.15) is 23.3 Å². The van der Waals surface area contributed by atoms with Gasteiger partial charge in [0, 0.05) is 55.7 Å². The van der Waals surface area contributed by atoms with E-state index in [2.05, 4.69) is 16.9 Å². The lowest BCUT2D eigenvalue weighted by Gasteiger charge is -2.29. The molecular formula is C40H52N4O9. The Kier molecular flexibility index (Phi) is 15.7. The smallest absolute Gasteiger partial charge is 0.405 e. The second-order valence-electron chi connectivity index (χ2n) is 13.1. The number of ether oxygens (including phenoxy) is 3. The fraction of sp³-hybridized carbons (Fsp3) is 0.400. The summed E-state index contributed by atoms with van der Waals surface area (Å²) >= 11 is 0. The highest BCUT2D eigenvalue weighted by Crippen LogP contribution is 2.46. The van der Waals surface area contributed by atoms with Crippen molar-refractivity contribution in [3.05, 3.63) is 95.1 Å². The maximum absolute atomic E-state index is 14.3. The second-order valence-corrected chi connectivity index (χ2v) is 13.1. The normalized spacial score (nSPS) is 23.4. The number of phenols is 2. The zero-order chi connectivity index (χ0) is 39.4. The number of hydrogen-bond donors (Lipinski definition) is 5. The number of nitrogens with zero attached hydrogens (tertiary/aromatic N) is 2. The summed E-state index contributed by atoms with van der Waals surface area (Å²) in [5.41, 5.74) is 7.05. The van der Waals surface area contributed by atoms with Gasteiger partial charge < -0.3 is 40.6 Å². The number of aliphatic hydroxyl groups is 1. The fourth-order valence-electron chi connectivity index (χ4n) is 6.29. The van der Waals surface area contributed by atoms with Gasteiger partial charge in [-0.3, -0.25) is 14.6 Å². The Morgan fingerprint density at radius 1 is 1.13 bits per heavy atom. The lowest BCUT2D eigenvalue weighted by molar-refractivity contribution is -0.114. The molecule has 3 rings (SSSR count). The van der Waals surface area contributed by atoms with Crippen LogP contribution in [0.3, 0.4) is 0 Å². The van der Waals surface area contributed by atoms with E-state index in [-0.39, 0.29) is 52.6 Å². The lowest BCUT2D eigenvalue weighted by atomic mass is 9.87. The van der Waals surface area contributed by atoms with Crippen LogP contribution in [0.5, 0.6) is 11.5 Å². The molecule has 6 atom stereocenters. The number of amides is 3. The lowest BCUT2D eigenvalue weighted by Crippen LogP contribution is -2.38.